The molecule has 0 radical (unpaired) electrons. The number of carbonyl (C=O) groups is 1. The van der Waals surface area contributed by atoms with Gasteiger partial charge in [0.15, 0.2) is 0 Å². The number of nitro benzene ring substituents is 1. The zero-order valence-corrected chi connectivity index (χ0v) is 9.93. The van der Waals surface area contributed by atoms with Crippen LogP contribution in [0.5, 0.6) is 0 Å². The average molecular weight is 286 g/mol. The molecular formula is C10H8BrNO4. The van der Waals surface area contributed by atoms with Gasteiger partial charge < -0.3 is 4.74 Å². The molecule has 16 heavy (non-hydrogen) atoms. The fourth-order valence-corrected chi connectivity index (χ4v) is 1.40. The van der Waals surface area contributed by atoms with Crippen molar-refractivity contribution < 1.29 is 14.5 Å². The third-order valence-electron chi connectivity index (χ3n) is 1.78. The molecule has 1 rings (SSSR count). The van der Waals surface area contributed by atoms with E-state index in [1.165, 1.54) is 25.3 Å². The summed E-state index contributed by atoms with van der Waals surface area (Å²) in [6.45, 7) is 0. The number of rotatable bonds is 3. The highest BCUT2D eigenvalue weighted by Gasteiger charge is 2.11. The lowest BCUT2D eigenvalue weighted by Gasteiger charge is -1.97. The van der Waals surface area contributed by atoms with E-state index in [2.05, 4.69) is 20.7 Å². The Labute approximate surface area is 100.0 Å². The molecule has 1 aromatic rings. The zero-order valence-electron chi connectivity index (χ0n) is 8.34. The van der Waals surface area contributed by atoms with E-state index in [1.54, 1.807) is 12.1 Å². The maximum Gasteiger partial charge on any atom is 0.330 e. The van der Waals surface area contributed by atoms with Gasteiger partial charge in [0.05, 0.1) is 16.5 Å². The third-order valence-corrected chi connectivity index (χ3v) is 2.45. The minimum atomic E-state index is -0.509. The van der Waals surface area contributed by atoms with Gasteiger partial charge in [0.2, 0.25) is 0 Å². The zero-order chi connectivity index (χ0) is 12.1. The van der Waals surface area contributed by atoms with E-state index in [0.717, 1.165) is 0 Å². The van der Waals surface area contributed by atoms with E-state index < -0.39 is 10.9 Å². The summed E-state index contributed by atoms with van der Waals surface area (Å²) in [5.74, 6) is -0.509. The van der Waals surface area contributed by atoms with Gasteiger partial charge in [-0.15, -0.1) is 0 Å². The molecule has 0 amide bonds. The van der Waals surface area contributed by atoms with E-state index in [1.807, 2.05) is 0 Å². The summed E-state index contributed by atoms with van der Waals surface area (Å²) >= 11 is 3.07. The normalized spacial score (nSPS) is 10.4. The topological polar surface area (TPSA) is 69.4 Å². The molecule has 0 saturated heterocycles. The summed E-state index contributed by atoms with van der Waals surface area (Å²) in [5.41, 5.74) is 0.507. The summed E-state index contributed by atoms with van der Waals surface area (Å²) in [5, 5.41) is 10.6. The van der Waals surface area contributed by atoms with Crippen LogP contribution in [-0.2, 0) is 9.53 Å². The standard InChI is InChI=1S/C10H8BrNO4/c1-16-10(13)5-3-7-2-4-8(11)9(6-7)12(14)15/h2-6H,1H3/b5-3+. The molecule has 0 bridgehead atoms. The van der Waals surface area contributed by atoms with Gasteiger partial charge in [-0.2, -0.15) is 0 Å². The first kappa shape index (κ1) is 12.4. The number of carbonyl (C=O) groups excluding carboxylic acids is 1. The number of nitrogens with zero attached hydrogens (tertiary/aromatic N) is 1. The Hall–Kier alpha value is -1.69. The quantitative estimate of drug-likeness (QED) is 0.370. The van der Waals surface area contributed by atoms with Crippen LogP contribution in [0.15, 0.2) is 28.7 Å². The highest BCUT2D eigenvalue weighted by atomic mass is 79.9. The van der Waals surface area contributed by atoms with E-state index in [9.17, 15) is 14.9 Å². The van der Waals surface area contributed by atoms with Gasteiger partial charge >= 0.3 is 5.97 Å². The first-order valence-electron chi connectivity index (χ1n) is 4.24. The Morgan fingerprint density at radius 2 is 2.25 bits per heavy atom. The van der Waals surface area contributed by atoms with Gasteiger partial charge in [0, 0.05) is 12.1 Å². The maximum absolute atomic E-state index is 10.8. The number of hydrogen-bond donors (Lipinski definition) is 0. The number of hydrogen-bond acceptors (Lipinski definition) is 4. The van der Waals surface area contributed by atoms with Crippen molar-refractivity contribution in [3.05, 3.63) is 44.4 Å². The van der Waals surface area contributed by atoms with E-state index >= 15 is 0 Å². The van der Waals surface area contributed by atoms with Crippen LogP contribution >= 0.6 is 15.9 Å². The molecule has 0 heterocycles. The van der Waals surface area contributed by atoms with Crippen molar-refractivity contribution in [3.8, 4) is 0 Å². The number of benzene rings is 1. The second kappa shape index (κ2) is 5.41. The molecule has 0 spiro atoms. The Morgan fingerprint density at radius 3 is 2.81 bits per heavy atom. The first-order valence-corrected chi connectivity index (χ1v) is 5.04. The van der Waals surface area contributed by atoms with Gasteiger partial charge in [-0.1, -0.05) is 6.07 Å². The van der Waals surface area contributed by atoms with Crippen molar-refractivity contribution >= 4 is 33.7 Å². The van der Waals surface area contributed by atoms with Crippen molar-refractivity contribution in [1.29, 1.82) is 0 Å². The second-order valence-electron chi connectivity index (χ2n) is 2.82. The van der Waals surface area contributed by atoms with Crippen molar-refractivity contribution in [2.45, 2.75) is 0 Å². The predicted octanol–water partition coefficient (Wildman–Crippen LogP) is 2.54. The number of esters is 1. The van der Waals surface area contributed by atoms with Crippen LogP contribution in [0.25, 0.3) is 6.08 Å². The summed E-state index contributed by atoms with van der Waals surface area (Å²) in [7, 11) is 1.26. The minimum absolute atomic E-state index is 0.0491. The van der Waals surface area contributed by atoms with E-state index in [0.29, 0.717) is 10.0 Å². The smallest absolute Gasteiger partial charge is 0.330 e. The molecular weight excluding hydrogens is 278 g/mol. The van der Waals surface area contributed by atoms with Crippen LogP contribution in [-0.4, -0.2) is 18.0 Å². The van der Waals surface area contributed by atoms with Gasteiger partial charge in [0.25, 0.3) is 5.69 Å². The van der Waals surface area contributed by atoms with Gasteiger partial charge in [-0.3, -0.25) is 10.1 Å². The number of ether oxygens (including phenoxy) is 1. The van der Waals surface area contributed by atoms with Crippen LogP contribution in [0.4, 0.5) is 5.69 Å². The number of halogens is 1. The number of methoxy groups -OCH3 is 1. The molecule has 0 aliphatic rings. The lowest BCUT2D eigenvalue weighted by Crippen LogP contribution is -1.93. The van der Waals surface area contributed by atoms with Crippen LogP contribution in [0.1, 0.15) is 5.56 Å². The summed E-state index contributed by atoms with van der Waals surface area (Å²) in [6.07, 6.45) is 2.65. The largest absolute Gasteiger partial charge is 0.466 e. The SMILES string of the molecule is COC(=O)/C=C/c1ccc(Br)c([N+](=O)[O-])c1. The maximum atomic E-state index is 10.8. The van der Waals surface area contributed by atoms with Crippen LogP contribution in [0, 0.1) is 10.1 Å². The second-order valence-corrected chi connectivity index (χ2v) is 3.68. The summed E-state index contributed by atoms with van der Waals surface area (Å²) in [4.78, 5) is 20.9. The Balaban J connectivity index is 2.99. The molecule has 0 aliphatic carbocycles. The molecule has 0 saturated carbocycles. The van der Waals surface area contributed by atoms with E-state index in [-0.39, 0.29) is 5.69 Å². The molecule has 5 nitrogen and oxygen atoms in total. The van der Waals surface area contributed by atoms with Crippen molar-refractivity contribution in [2.75, 3.05) is 7.11 Å². The predicted molar refractivity (Wildman–Crippen MR) is 61.8 cm³/mol. The Bertz CT molecular complexity index is 456. The van der Waals surface area contributed by atoms with Crippen molar-refractivity contribution in [3.63, 3.8) is 0 Å². The fraction of sp³-hybridized carbons (Fsp3) is 0.100. The number of nitro groups is 1. The molecule has 0 N–H and O–H groups in total. The lowest BCUT2D eigenvalue weighted by atomic mass is 10.2. The molecule has 0 atom stereocenters. The molecule has 0 unspecified atom stereocenters. The third kappa shape index (κ3) is 3.16. The van der Waals surface area contributed by atoms with Crippen LogP contribution in [0.2, 0.25) is 0 Å². The highest BCUT2D eigenvalue weighted by molar-refractivity contribution is 9.10. The molecule has 1 aromatic carbocycles. The molecule has 0 fully saturated rings. The molecule has 0 aromatic heterocycles. The van der Waals surface area contributed by atoms with Crippen molar-refractivity contribution in [1.82, 2.24) is 0 Å². The summed E-state index contributed by atoms with van der Waals surface area (Å²) < 4.78 is 4.80. The molecule has 0 aliphatic heterocycles. The monoisotopic (exact) mass is 285 g/mol. The minimum Gasteiger partial charge on any atom is -0.466 e. The van der Waals surface area contributed by atoms with Gasteiger partial charge in [-0.05, 0) is 33.6 Å². The highest BCUT2D eigenvalue weighted by Crippen LogP contribution is 2.25. The van der Waals surface area contributed by atoms with Crippen LogP contribution in [0.3, 0.4) is 0 Å². The summed E-state index contributed by atoms with van der Waals surface area (Å²) in [6, 6.07) is 4.56. The lowest BCUT2D eigenvalue weighted by molar-refractivity contribution is -0.385. The average Bonchev–Trinajstić information content (AvgIpc) is 2.27. The fourth-order valence-electron chi connectivity index (χ4n) is 1.01. The van der Waals surface area contributed by atoms with E-state index in [4.69, 9.17) is 0 Å². The molecule has 6 heteroatoms. The first-order chi connectivity index (χ1) is 7.54. The Morgan fingerprint density at radius 1 is 1.56 bits per heavy atom. The van der Waals surface area contributed by atoms with Crippen molar-refractivity contribution in [2.24, 2.45) is 0 Å². The van der Waals surface area contributed by atoms with Crippen LogP contribution < -0.4 is 0 Å². The van der Waals surface area contributed by atoms with Gasteiger partial charge in [-0.25, -0.2) is 4.79 Å². The Kier molecular flexibility index (Phi) is 4.19. The molecule has 84 valence electrons. The van der Waals surface area contributed by atoms with Gasteiger partial charge in [0.1, 0.15) is 0 Å².